The van der Waals surface area contributed by atoms with E-state index in [0.717, 1.165) is 22.0 Å². The van der Waals surface area contributed by atoms with Gasteiger partial charge in [-0.25, -0.2) is 4.68 Å². The standard InChI is InChI=1S/C21H22N4O2S/c1-5-13-9-17(19(27)10-18(13)26)25-20(21(28)22-23-25)14-6-7-16-15(8-14)11(2)12(3)24(16)4/h6-10,26-28H,5H2,1-4H3. The molecule has 0 spiro atoms. The number of phenolic OH excluding ortho intramolecular Hbond substituents is 2. The normalized spacial score (nSPS) is 11.5. The van der Waals surface area contributed by atoms with Crippen LogP contribution < -0.4 is 0 Å². The second-order valence-electron chi connectivity index (χ2n) is 7.00. The van der Waals surface area contributed by atoms with Crippen LogP contribution in [-0.2, 0) is 13.5 Å². The maximum Gasteiger partial charge on any atom is 0.145 e. The first kappa shape index (κ1) is 18.4. The summed E-state index contributed by atoms with van der Waals surface area (Å²) in [6, 6.07) is 9.25. The molecule has 0 saturated heterocycles. The van der Waals surface area contributed by atoms with E-state index in [9.17, 15) is 10.2 Å². The summed E-state index contributed by atoms with van der Waals surface area (Å²) in [5, 5.41) is 30.4. The van der Waals surface area contributed by atoms with Gasteiger partial charge in [0.15, 0.2) is 0 Å². The molecule has 0 saturated carbocycles. The molecule has 4 aromatic rings. The Balaban J connectivity index is 1.96. The molecule has 0 aliphatic rings. The number of nitrogens with zero attached hydrogens (tertiary/aromatic N) is 4. The summed E-state index contributed by atoms with van der Waals surface area (Å²) in [6.07, 6.45) is 0.630. The van der Waals surface area contributed by atoms with Crippen LogP contribution in [0.5, 0.6) is 11.5 Å². The second-order valence-corrected chi connectivity index (χ2v) is 7.42. The summed E-state index contributed by atoms with van der Waals surface area (Å²) in [5.74, 6) is -0.00434. The number of hydrogen-bond donors (Lipinski definition) is 3. The van der Waals surface area contributed by atoms with Gasteiger partial charge in [0.1, 0.15) is 27.9 Å². The zero-order valence-electron chi connectivity index (χ0n) is 16.2. The molecule has 0 bridgehead atoms. The number of rotatable bonds is 3. The van der Waals surface area contributed by atoms with E-state index >= 15 is 0 Å². The summed E-state index contributed by atoms with van der Waals surface area (Å²) in [6.45, 7) is 6.15. The highest BCUT2D eigenvalue weighted by Crippen LogP contribution is 2.36. The van der Waals surface area contributed by atoms with Gasteiger partial charge in [-0.1, -0.05) is 18.2 Å². The number of phenols is 2. The third kappa shape index (κ3) is 2.65. The van der Waals surface area contributed by atoms with E-state index in [1.807, 2.05) is 13.0 Å². The minimum Gasteiger partial charge on any atom is -0.508 e. The van der Waals surface area contributed by atoms with Gasteiger partial charge in [0.25, 0.3) is 0 Å². The Hall–Kier alpha value is -2.93. The Morgan fingerprint density at radius 2 is 1.82 bits per heavy atom. The number of thiol groups is 1. The Morgan fingerprint density at radius 3 is 2.54 bits per heavy atom. The first-order valence-electron chi connectivity index (χ1n) is 9.09. The number of benzene rings is 2. The molecule has 0 amide bonds. The van der Waals surface area contributed by atoms with Crippen molar-refractivity contribution in [3.63, 3.8) is 0 Å². The molecular formula is C21H22N4O2S. The third-order valence-electron chi connectivity index (χ3n) is 5.52. The Kier molecular flexibility index (Phi) is 4.34. The van der Waals surface area contributed by atoms with Crippen LogP contribution in [-0.4, -0.2) is 29.8 Å². The lowest BCUT2D eigenvalue weighted by Crippen LogP contribution is -2.01. The van der Waals surface area contributed by atoms with E-state index in [2.05, 4.69) is 60.5 Å². The average Bonchev–Trinajstić information content (AvgIpc) is 3.15. The molecule has 28 heavy (non-hydrogen) atoms. The van der Waals surface area contributed by atoms with E-state index in [4.69, 9.17) is 0 Å². The summed E-state index contributed by atoms with van der Waals surface area (Å²) < 4.78 is 3.74. The Morgan fingerprint density at radius 1 is 1.07 bits per heavy atom. The number of hydrogen-bond acceptors (Lipinski definition) is 5. The smallest absolute Gasteiger partial charge is 0.145 e. The van der Waals surface area contributed by atoms with Gasteiger partial charge in [-0.2, -0.15) is 0 Å². The molecule has 0 fully saturated rings. The van der Waals surface area contributed by atoms with Gasteiger partial charge in [-0.3, -0.25) is 0 Å². The van der Waals surface area contributed by atoms with Crippen LogP contribution in [0.3, 0.4) is 0 Å². The van der Waals surface area contributed by atoms with Gasteiger partial charge in [0, 0.05) is 35.3 Å². The third-order valence-corrected chi connectivity index (χ3v) is 5.82. The molecule has 6 nitrogen and oxygen atoms in total. The quantitative estimate of drug-likeness (QED) is 0.453. The molecule has 7 heteroatoms. The van der Waals surface area contributed by atoms with E-state index in [-0.39, 0.29) is 11.5 Å². The van der Waals surface area contributed by atoms with Crippen LogP contribution in [0.15, 0.2) is 35.4 Å². The number of aryl methyl sites for hydroxylation is 3. The summed E-state index contributed by atoms with van der Waals surface area (Å²) in [5.41, 5.74) is 6.36. The lowest BCUT2D eigenvalue weighted by Gasteiger charge is -2.12. The van der Waals surface area contributed by atoms with Crippen molar-refractivity contribution in [1.82, 2.24) is 19.6 Å². The van der Waals surface area contributed by atoms with Crippen LogP contribution in [0.1, 0.15) is 23.7 Å². The van der Waals surface area contributed by atoms with Gasteiger partial charge >= 0.3 is 0 Å². The van der Waals surface area contributed by atoms with Gasteiger partial charge in [-0.15, -0.1) is 17.7 Å². The van der Waals surface area contributed by atoms with Crippen molar-refractivity contribution in [3.8, 4) is 28.4 Å². The summed E-state index contributed by atoms with van der Waals surface area (Å²) in [7, 11) is 2.06. The highest BCUT2D eigenvalue weighted by molar-refractivity contribution is 7.80. The number of fused-ring (bicyclic) bond motifs is 1. The average molecular weight is 395 g/mol. The van der Waals surface area contributed by atoms with Crippen molar-refractivity contribution in [2.45, 2.75) is 32.2 Å². The van der Waals surface area contributed by atoms with Crippen LogP contribution in [0.4, 0.5) is 0 Å². The summed E-state index contributed by atoms with van der Waals surface area (Å²) in [4.78, 5) is 0. The van der Waals surface area contributed by atoms with E-state index in [1.54, 1.807) is 10.7 Å². The molecule has 2 heterocycles. The Labute approximate surface area is 168 Å². The van der Waals surface area contributed by atoms with Crippen molar-refractivity contribution in [1.29, 1.82) is 0 Å². The fourth-order valence-electron chi connectivity index (χ4n) is 3.66. The van der Waals surface area contributed by atoms with Crippen molar-refractivity contribution in [2.75, 3.05) is 0 Å². The highest BCUT2D eigenvalue weighted by Gasteiger charge is 2.19. The van der Waals surface area contributed by atoms with Gasteiger partial charge < -0.3 is 14.8 Å². The molecule has 2 aromatic carbocycles. The van der Waals surface area contributed by atoms with Crippen LogP contribution in [0, 0.1) is 13.8 Å². The minimum atomic E-state index is -0.0676. The maximum atomic E-state index is 10.4. The molecule has 2 aromatic heterocycles. The van der Waals surface area contributed by atoms with Gasteiger partial charge in [0.2, 0.25) is 0 Å². The molecule has 4 rings (SSSR count). The molecular weight excluding hydrogens is 372 g/mol. The molecule has 144 valence electrons. The van der Waals surface area contributed by atoms with E-state index < -0.39 is 0 Å². The second kappa shape index (κ2) is 6.60. The first-order valence-corrected chi connectivity index (χ1v) is 9.54. The molecule has 2 N–H and O–H groups in total. The van der Waals surface area contributed by atoms with Crippen LogP contribution >= 0.6 is 12.6 Å². The number of aromatic nitrogens is 4. The van der Waals surface area contributed by atoms with Crippen LogP contribution in [0.2, 0.25) is 0 Å². The predicted molar refractivity (Wildman–Crippen MR) is 113 cm³/mol. The largest absolute Gasteiger partial charge is 0.508 e. The van der Waals surface area contributed by atoms with Gasteiger partial charge in [-0.05, 0) is 49.6 Å². The monoisotopic (exact) mass is 394 g/mol. The highest BCUT2D eigenvalue weighted by atomic mass is 32.1. The first-order chi connectivity index (χ1) is 13.3. The minimum absolute atomic E-state index is 0.0633. The lowest BCUT2D eigenvalue weighted by molar-refractivity contribution is 0.443. The predicted octanol–water partition coefficient (Wildman–Crippen LogP) is 4.31. The topological polar surface area (TPSA) is 76.1 Å². The molecule has 0 radical (unpaired) electrons. The van der Waals surface area contributed by atoms with E-state index in [0.29, 0.717) is 22.8 Å². The number of aromatic hydroxyl groups is 2. The zero-order chi connectivity index (χ0) is 20.2. The molecule has 0 unspecified atom stereocenters. The fourth-order valence-corrected chi connectivity index (χ4v) is 3.92. The zero-order valence-corrected chi connectivity index (χ0v) is 17.1. The van der Waals surface area contributed by atoms with Gasteiger partial charge in [0.05, 0.1) is 0 Å². The lowest BCUT2D eigenvalue weighted by atomic mass is 10.1. The van der Waals surface area contributed by atoms with Crippen LogP contribution in [0.25, 0.3) is 27.8 Å². The molecule has 0 aliphatic carbocycles. The van der Waals surface area contributed by atoms with Crippen molar-refractivity contribution < 1.29 is 10.2 Å². The van der Waals surface area contributed by atoms with Crippen molar-refractivity contribution in [2.24, 2.45) is 7.05 Å². The maximum absolute atomic E-state index is 10.4. The fraction of sp³-hybridized carbons (Fsp3) is 0.238. The van der Waals surface area contributed by atoms with Crippen molar-refractivity contribution >= 4 is 23.5 Å². The van der Waals surface area contributed by atoms with Crippen molar-refractivity contribution in [3.05, 3.63) is 47.2 Å². The molecule has 0 aliphatic heterocycles. The Bertz CT molecular complexity index is 1220. The van der Waals surface area contributed by atoms with E-state index in [1.165, 1.54) is 17.3 Å². The SMILES string of the molecule is CCc1cc(-n2nnc(S)c2-c2ccc3c(c2)c(C)c(C)n3C)c(O)cc1O. The molecule has 0 atom stereocenters. The summed E-state index contributed by atoms with van der Waals surface area (Å²) >= 11 is 4.50.